The van der Waals surface area contributed by atoms with Crippen LogP contribution < -0.4 is 0 Å². The fourth-order valence-corrected chi connectivity index (χ4v) is 1.73. The van der Waals surface area contributed by atoms with Gasteiger partial charge in [0.1, 0.15) is 5.78 Å². The Balaban J connectivity index is 2.96. The third-order valence-electron chi connectivity index (χ3n) is 1.69. The lowest BCUT2D eigenvalue weighted by Crippen LogP contribution is -1.97. The molecule has 1 nitrogen and oxygen atoms in total. The molecule has 0 aliphatic heterocycles. The Morgan fingerprint density at radius 2 is 2.23 bits per heavy atom. The van der Waals surface area contributed by atoms with Gasteiger partial charge >= 0.3 is 0 Å². The Bertz CT molecular complexity index is 323. The quantitative estimate of drug-likeness (QED) is 0.719. The number of ketones is 1. The maximum atomic E-state index is 10.9. The van der Waals surface area contributed by atoms with Crippen LogP contribution in [0.15, 0.2) is 23.1 Å². The van der Waals surface area contributed by atoms with Gasteiger partial charge in [-0.2, -0.15) is 0 Å². The van der Waals surface area contributed by atoms with Crippen LogP contribution in [0.4, 0.5) is 0 Å². The lowest BCUT2D eigenvalue weighted by atomic mass is 10.1. The van der Waals surface area contributed by atoms with E-state index >= 15 is 0 Å². The molecule has 0 spiro atoms. The third kappa shape index (κ3) is 3.05. The highest BCUT2D eigenvalue weighted by Gasteiger charge is 2.03. The van der Waals surface area contributed by atoms with Gasteiger partial charge in [0, 0.05) is 16.3 Å². The zero-order valence-electron chi connectivity index (χ0n) is 7.63. The van der Waals surface area contributed by atoms with Crippen molar-refractivity contribution in [1.82, 2.24) is 0 Å². The second-order valence-electron chi connectivity index (χ2n) is 2.84. The number of rotatable bonds is 3. The molecule has 0 radical (unpaired) electrons. The highest BCUT2D eigenvalue weighted by atomic mass is 35.5. The normalized spacial score (nSPS) is 10.1. The van der Waals surface area contributed by atoms with Crippen LogP contribution in [0.2, 0.25) is 5.02 Å². The van der Waals surface area contributed by atoms with E-state index in [4.69, 9.17) is 11.6 Å². The molecular formula is C10H11ClOS. The van der Waals surface area contributed by atoms with E-state index in [1.165, 1.54) is 0 Å². The van der Waals surface area contributed by atoms with Gasteiger partial charge in [-0.15, -0.1) is 11.8 Å². The largest absolute Gasteiger partial charge is 0.300 e. The van der Waals surface area contributed by atoms with Crippen LogP contribution in [0.1, 0.15) is 12.5 Å². The molecule has 0 fully saturated rings. The predicted molar refractivity (Wildman–Crippen MR) is 57.6 cm³/mol. The fourth-order valence-electron chi connectivity index (χ4n) is 1.08. The molecule has 0 saturated heterocycles. The molecule has 1 aromatic rings. The summed E-state index contributed by atoms with van der Waals surface area (Å²) in [6.45, 7) is 1.57. The smallest absolute Gasteiger partial charge is 0.134 e. The van der Waals surface area contributed by atoms with Crippen molar-refractivity contribution < 1.29 is 4.79 Å². The standard InChI is InChI=1S/C10H11ClOS/c1-7(12)5-8-6-9(13-2)3-4-10(8)11/h3-4,6H,5H2,1-2H3. The van der Waals surface area contributed by atoms with Crippen LogP contribution in [-0.4, -0.2) is 12.0 Å². The van der Waals surface area contributed by atoms with E-state index in [9.17, 15) is 4.79 Å². The minimum atomic E-state index is 0.139. The van der Waals surface area contributed by atoms with Crippen LogP contribution in [0, 0.1) is 0 Å². The van der Waals surface area contributed by atoms with Crippen molar-refractivity contribution in [3.63, 3.8) is 0 Å². The van der Waals surface area contributed by atoms with Gasteiger partial charge in [-0.05, 0) is 36.9 Å². The van der Waals surface area contributed by atoms with Crippen molar-refractivity contribution in [2.24, 2.45) is 0 Å². The first-order valence-electron chi connectivity index (χ1n) is 3.95. The lowest BCUT2D eigenvalue weighted by Gasteiger charge is -2.03. The Morgan fingerprint density at radius 3 is 2.77 bits per heavy atom. The molecule has 1 aromatic carbocycles. The average Bonchev–Trinajstić information content (AvgIpc) is 2.08. The summed E-state index contributed by atoms with van der Waals surface area (Å²) >= 11 is 7.58. The van der Waals surface area contributed by atoms with Crippen LogP contribution >= 0.6 is 23.4 Å². The van der Waals surface area contributed by atoms with Gasteiger partial charge < -0.3 is 0 Å². The molecule has 0 unspecified atom stereocenters. The van der Waals surface area contributed by atoms with E-state index in [-0.39, 0.29) is 5.78 Å². The maximum Gasteiger partial charge on any atom is 0.134 e. The number of thioether (sulfide) groups is 1. The van der Waals surface area contributed by atoms with Crippen LogP contribution in [-0.2, 0) is 11.2 Å². The van der Waals surface area contributed by atoms with Gasteiger partial charge in [0.15, 0.2) is 0 Å². The molecule has 3 heteroatoms. The van der Waals surface area contributed by atoms with Gasteiger partial charge in [-0.25, -0.2) is 0 Å². The molecule has 0 bridgehead atoms. The zero-order chi connectivity index (χ0) is 9.84. The molecule has 13 heavy (non-hydrogen) atoms. The molecular weight excluding hydrogens is 204 g/mol. The van der Waals surface area contributed by atoms with Crippen molar-refractivity contribution in [1.29, 1.82) is 0 Å². The van der Waals surface area contributed by atoms with E-state index in [0.717, 1.165) is 10.5 Å². The summed E-state index contributed by atoms with van der Waals surface area (Å²) in [7, 11) is 0. The predicted octanol–water partition coefficient (Wildman–Crippen LogP) is 3.19. The van der Waals surface area contributed by atoms with Gasteiger partial charge in [0.2, 0.25) is 0 Å². The molecule has 1 rings (SSSR count). The summed E-state index contributed by atoms with van der Waals surface area (Å²) in [6.07, 6.45) is 2.42. The maximum absolute atomic E-state index is 10.9. The molecule has 0 saturated carbocycles. The summed E-state index contributed by atoms with van der Waals surface area (Å²) in [4.78, 5) is 12.0. The second-order valence-corrected chi connectivity index (χ2v) is 4.12. The van der Waals surface area contributed by atoms with Gasteiger partial charge in [-0.1, -0.05) is 11.6 Å². The van der Waals surface area contributed by atoms with Gasteiger partial charge in [0.25, 0.3) is 0 Å². The van der Waals surface area contributed by atoms with E-state index in [2.05, 4.69) is 0 Å². The van der Waals surface area contributed by atoms with E-state index in [1.807, 2.05) is 24.5 Å². The number of hydrogen-bond acceptors (Lipinski definition) is 2. The summed E-state index contributed by atoms with van der Waals surface area (Å²) in [5, 5.41) is 0.674. The molecule has 0 aliphatic carbocycles. The molecule has 0 atom stereocenters. The van der Waals surface area contributed by atoms with Crippen molar-refractivity contribution in [2.45, 2.75) is 18.2 Å². The van der Waals surface area contributed by atoms with Crippen molar-refractivity contribution in [3.8, 4) is 0 Å². The van der Waals surface area contributed by atoms with E-state index < -0.39 is 0 Å². The number of hydrogen-bond donors (Lipinski definition) is 0. The molecule has 70 valence electrons. The highest BCUT2D eigenvalue weighted by Crippen LogP contribution is 2.23. The number of benzene rings is 1. The topological polar surface area (TPSA) is 17.1 Å². The Kier molecular flexibility index (Phi) is 3.82. The summed E-state index contributed by atoms with van der Waals surface area (Å²) in [5.41, 5.74) is 0.918. The van der Waals surface area contributed by atoms with Crippen molar-refractivity contribution >= 4 is 29.1 Å². The first-order valence-corrected chi connectivity index (χ1v) is 5.55. The van der Waals surface area contributed by atoms with Crippen molar-refractivity contribution in [2.75, 3.05) is 6.26 Å². The monoisotopic (exact) mass is 214 g/mol. The summed E-state index contributed by atoms with van der Waals surface area (Å²) in [6, 6.07) is 5.76. The first kappa shape index (κ1) is 10.6. The molecule has 0 aromatic heterocycles. The minimum absolute atomic E-state index is 0.139. The Hall–Kier alpha value is -0.470. The molecule has 0 N–H and O–H groups in total. The average molecular weight is 215 g/mol. The first-order chi connectivity index (χ1) is 6.13. The highest BCUT2D eigenvalue weighted by molar-refractivity contribution is 7.98. The Morgan fingerprint density at radius 1 is 1.54 bits per heavy atom. The molecule has 0 heterocycles. The van der Waals surface area contributed by atoms with Crippen LogP contribution in [0.5, 0.6) is 0 Å². The number of carbonyl (C=O) groups is 1. The SMILES string of the molecule is CSc1ccc(Cl)c(CC(C)=O)c1. The minimum Gasteiger partial charge on any atom is -0.300 e. The van der Waals surface area contributed by atoms with Gasteiger partial charge in [0.05, 0.1) is 0 Å². The summed E-state index contributed by atoms with van der Waals surface area (Å²) < 4.78 is 0. The number of carbonyl (C=O) groups excluding carboxylic acids is 1. The third-order valence-corrected chi connectivity index (χ3v) is 2.79. The number of halogens is 1. The zero-order valence-corrected chi connectivity index (χ0v) is 9.21. The number of Topliss-reactive ketones (excluding diaryl/α,β-unsaturated/α-hetero) is 1. The second kappa shape index (κ2) is 4.68. The molecule has 0 amide bonds. The lowest BCUT2D eigenvalue weighted by molar-refractivity contribution is -0.116. The van der Waals surface area contributed by atoms with Gasteiger partial charge in [-0.3, -0.25) is 4.79 Å². The summed E-state index contributed by atoms with van der Waals surface area (Å²) in [5.74, 6) is 0.139. The van der Waals surface area contributed by atoms with E-state index in [0.29, 0.717) is 11.4 Å². The fraction of sp³-hybridized carbons (Fsp3) is 0.300. The van der Waals surface area contributed by atoms with Crippen LogP contribution in [0.25, 0.3) is 0 Å². The molecule has 0 aliphatic rings. The van der Waals surface area contributed by atoms with Crippen LogP contribution in [0.3, 0.4) is 0 Å². The Labute approximate surface area is 87.5 Å². The van der Waals surface area contributed by atoms with E-state index in [1.54, 1.807) is 18.7 Å². The van der Waals surface area contributed by atoms with Crippen molar-refractivity contribution in [3.05, 3.63) is 28.8 Å².